The summed E-state index contributed by atoms with van der Waals surface area (Å²) in [5.41, 5.74) is 6.91. The van der Waals surface area contributed by atoms with Crippen molar-refractivity contribution >= 4 is 34.7 Å². The van der Waals surface area contributed by atoms with E-state index in [1.165, 1.54) is 12.8 Å². The first-order chi connectivity index (χ1) is 7.75. The van der Waals surface area contributed by atoms with E-state index in [-0.39, 0.29) is 0 Å². The van der Waals surface area contributed by atoms with Crippen LogP contribution >= 0.6 is 23.2 Å². The Balaban J connectivity index is 1.96. The molecule has 0 aromatic heterocycles. The third-order valence-corrected chi connectivity index (χ3v) is 2.94. The van der Waals surface area contributed by atoms with Gasteiger partial charge in [0.15, 0.2) is 0 Å². The van der Waals surface area contributed by atoms with Crippen LogP contribution in [0.2, 0.25) is 10.0 Å². The average Bonchev–Trinajstić information content (AvgIpc) is 2.29. The summed E-state index contributed by atoms with van der Waals surface area (Å²) in [4.78, 5) is 4.37. The second kappa shape index (κ2) is 5.41. The van der Waals surface area contributed by atoms with E-state index in [1.807, 2.05) is 6.07 Å². The van der Waals surface area contributed by atoms with E-state index in [9.17, 15) is 0 Å². The first kappa shape index (κ1) is 11.6. The lowest BCUT2D eigenvalue weighted by atomic mass is 10.2. The number of benzene rings is 1. The highest BCUT2D eigenvalue weighted by molar-refractivity contribution is 6.36. The van der Waals surface area contributed by atoms with Gasteiger partial charge in [0.05, 0.1) is 10.7 Å². The van der Waals surface area contributed by atoms with Crippen molar-refractivity contribution in [2.24, 2.45) is 4.99 Å². The predicted octanol–water partition coefficient (Wildman–Crippen LogP) is 3.49. The van der Waals surface area contributed by atoms with Gasteiger partial charge in [-0.1, -0.05) is 23.2 Å². The maximum atomic E-state index is 6.02. The molecule has 0 fully saturated rings. The number of hydrogen-bond acceptors (Lipinski definition) is 3. The Hall–Kier alpha value is -0.930. The molecule has 0 unspecified atom stereocenters. The molecule has 0 spiro atoms. The fourth-order valence-electron chi connectivity index (χ4n) is 1.53. The van der Waals surface area contributed by atoms with Gasteiger partial charge < -0.3 is 0 Å². The van der Waals surface area contributed by atoms with Crippen LogP contribution in [0.15, 0.2) is 23.2 Å². The van der Waals surface area contributed by atoms with Gasteiger partial charge >= 0.3 is 0 Å². The van der Waals surface area contributed by atoms with E-state index in [2.05, 4.69) is 15.8 Å². The summed E-state index contributed by atoms with van der Waals surface area (Å²) in [6.07, 6.45) is 3.34. The number of anilines is 1. The van der Waals surface area contributed by atoms with E-state index in [0.29, 0.717) is 10.0 Å². The highest BCUT2D eigenvalue weighted by Gasteiger charge is 2.05. The van der Waals surface area contributed by atoms with Gasteiger partial charge in [-0.25, -0.2) is 0 Å². The lowest BCUT2D eigenvalue weighted by Gasteiger charge is -2.16. The van der Waals surface area contributed by atoms with Crippen molar-refractivity contribution in [1.29, 1.82) is 0 Å². The second-order valence-corrected chi connectivity index (χ2v) is 4.50. The summed E-state index contributed by atoms with van der Waals surface area (Å²) < 4.78 is 0. The highest BCUT2D eigenvalue weighted by Crippen LogP contribution is 2.24. The van der Waals surface area contributed by atoms with Crippen molar-refractivity contribution in [3.8, 4) is 0 Å². The molecule has 1 aromatic carbocycles. The SMILES string of the molecule is Clc1ccc(NNC2=NCCCC2)c(Cl)c1. The van der Waals surface area contributed by atoms with Gasteiger partial charge in [-0.15, -0.1) is 0 Å². The first-order valence-electron chi connectivity index (χ1n) is 5.26. The normalized spacial score (nSPS) is 15.5. The van der Waals surface area contributed by atoms with E-state index in [0.717, 1.165) is 24.5 Å². The van der Waals surface area contributed by atoms with Crippen LogP contribution in [-0.4, -0.2) is 12.4 Å². The molecule has 1 aliphatic heterocycles. The molecule has 0 aliphatic carbocycles. The summed E-state index contributed by atoms with van der Waals surface area (Å²) in [5.74, 6) is 0.984. The Kier molecular flexibility index (Phi) is 3.91. The molecule has 2 N–H and O–H groups in total. The molecule has 1 heterocycles. The second-order valence-electron chi connectivity index (χ2n) is 3.66. The first-order valence-corrected chi connectivity index (χ1v) is 6.02. The summed E-state index contributed by atoms with van der Waals surface area (Å²) in [7, 11) is 0. The number of halogens is 2. The number of nitrogens with zero attached hydrogens (tertiary/aromatic N) is 1. The van der Waals surface area contributed by atoms with Gasteiger partial charge in [0.25, 0.3) is 0 Å². The standard InChI is InChI=1S/C11H13Cl2N3/c12-8-4-5-10(9(13)7-8)15-16-11-3-1-2-6-14-11/h4-5,7,15H,1-3,6H2,(H,14,16). The van der Waals surface area contributed by atoms with Crippen molar-refractivity contribution in [2.45, 2.75) is 19.3 Å². The minimum atomic E-state index is 0.594. The van der Waals surface area contributed by atoms with Crippen molar-refractivity contribution < 1.29 is 0 Å². The van der Waals surface area contributed by atoms with Gasteiger partial charge in [0, 0.05) is 18.0 Å². The van der Waals surface area contributed by atoms with Gasteiger partial charge in [0.2, 0.25) is 0 Å². The molecule has 0 radical (unpaired) electrons. The van der Waals surface area contributed by atoms with Crippen LogP contribution < -0.4 is 10.9 Å². The topological polar surface area (TPSA) is 36.4 Å². The molecule has 1 aromatic rings. The van der Waals surface area contributed by atoms with Crippen LogP contribution in [0.5, 0.6) is 0 Å². The number of rotatable bonds is 2. The minimum Gasteiger partial charge on any atom is -0.298 e. The highest BCUT2D eigenvalue weighted by atomic mass is 35.5. The Morgan fingerprint density at radius 3 is 2.69 bits per heavy atom. The summed E-state index contributed by atoms with van der Waals surface area (Å²) in [6.45, 7) is 0.901. The minimum absolute atomic E-state index is 0.594. The van der Waals surface area contributed by atoms with Gasteiger partial charge in [-0.2, -0.15) is 0 Å². The van der Waals surface area contributed by atoms with Crippen LogP contribution in [0.4, 0.5) is 5.69 Å². The van der Waals surface area contributed by atoms with Gasteiger partial charge in [0.1, 0.15) is 5.84 Å². The molecule has 0 amide bonds. The summed E-state index contributed by atoms with van der Waals surface area (Å²) in [5, 5.41) is 1.22. The zero-order chi connectivity index (χ0) is 11.4. The molecular weight excluding hydrogens is 245 g/mol. The van der Waals surface area contributed by atoms with E-state index in [1.54, 1.807) is 12.1 Å². The molecular formula is C11H13Cl2N3. The fourth-order valence-corrected chi connectivity index (χ4v) is 1.99. The summed E-state index contributed by atoms with van der Waals surface area (Å²) in [6, 6.07) is 5.33. The third kappa shape index (κ3) is 3.03. The number of hydrazine groups is 1. The lowest BCUT2D eigenvalue weighted by molar-refractivity contribution is 0.720. The largest absolute Gasteiger partial charge is 0.298 e. The molecule has 0 bridgehead atoms. The zero-order valence-electron chi connectivity index (χ0n) is 8.76. The average molecular weight is 258 g/mol. The predicted molar refractivity (Wildman–Crippen MR) is 69.4 cm³/mol. The van der Waals surface area contributed by atoms with Crippen LogP contribution in [0.3, 0.4) is 0 Å². The Bertz CT molecular complexity index is 404. The van der Waals surface area contributed by atoms with Gasteiger partial charge in [-0.05, 0) is 31.0 Å². The molecule has 16 heavy (non-hydrogen) atoms. The van der Waals surface area contributed by atoms with Gasteiger partial charge in [-0.3, -0.25) is 15.8 Å². The van der Waals surface area contributed by atoms with Crippen LogP contribution in [0.25, 0.3) is 0 Å². The molecule has 0 saturated heterocycles. The van der Waals surface area contributed by atoms with Crippen molar-refractivity contribution in [3.63, 3.8) is 0 Å². The van der Waals surface area contributed by atoms with Crippen molar-refractivity contribution in [2.75, 3.05) is 12.0 Å². The molecule has 0 atom stereocenters. The smallest absolute Gasteiger partial charge is 0.115 e. The van der Waals surface area contributed by atoms with E-state index in [4.69, 9.17) is 23.2 Å². The quantitative estimate of drug-likeness (QED) is 0.796. The number of nitrogens with one attached hydrogen (secondary N) is 2. The molecule has 0 saturated carbocycles. The van der Waals surface area contributed by atoms with Crippen molar-refractivity contribution in [1.82, 2.24) is 5.43 Å². The fraction of sp³-hybridized carbons (Fsp3) is 0.364. The Morgan fingerprint density at radius 1 is 1.12 bits per heavy atom. The van der Waals surface area contributed by atoms with E-state index < -0.39 is 0 Å². The molecule has 2 rings (SSSR count). The van der Waals surface area contributed by atoms with Crippen LogP contribution in [0, 0.1) is 0 Å². The maximum Gasteiger partial charge on any atom is 0.115 e. The van der Waals surface area contributed by atoms with E-state index >= 15 is 0 Å². The molecule has 3 nitrogen and oxygen atoms in total. The zero-order valence-corrected chi connectivity index (χ0v) is 10.3. The third-order valence-electron chi connectivity index (χ3n) is 2.40. The van der Waals surface area contributed by atoms with Crippen LogP contribution in [0.1, 0.15) is 19.3 Å². The number of amidine groups is 1. The number of aliphatic imine (C=N–C) groups is 1. The molecule has 86 valence electrons. The van der Waals surface area contributed by atoms with Crippen molar-refractivity contribution in [3.05, 3.63) is 28.2 Å². The monoisotopic (exact) mass is 257 g/mol. The Labute approximate surface area is 105 Å². The van der Waals surface area contributed by atoms with Crippen LogP contribution in [-0.2, 0) is 0 Å². The molecule has 5 heteroatoms. The Morgan fingerprint density at radius 2 is 2.00 bits per heavy atom. The lowest BCUT2D eigenvalue weighted by Crippen LogP contribution is -2.31. The maximum absolute atomic E-state index is 6.02. The summed E-state index contributed by atoms with van der Waals surface area (Å²) >= 11 is 11.8. The molecule has 1 aliphatic rings. The number of hydrogen-bond donors (Lipinski definition) is 2.